The van der Waals surface area contributed by atoms with Crippen molar-refractivity contribution in [3.05, 3.63) is 59.7 Å². The van der Waals surface area contributed by atoms with Gasteiger partial charge in [0.1, 0.15) is 12.2 Å². The molecule has 0 saturated heterocycles. The highest BCUT2D eigenvalue weighted by Gasteiger charge is 2.11. The molecule has 0 amide bonds. The first-order chi connectivity index (χ1) is 10.1. The molecule has 2 unspecified atom stereocenters. The first kappa shape index (κ1) is 15.3. The Morgan fingerprint density at radius 3 is 1.38 bits per heavy atom. The van der Waals surface area contributed by atoms with E-state index in [1.54, 1.807) is 48.5 Å². The van der Waals surface area contributed by atoms with Crippen LogP contribution in [0.5, 0.6) is 0 Å². The minimum atomic E-state index is -0.746. The molecule has 0 saturated carbocycles. The lowest BCUT2D eigenvalue weighted by Gasteiger charge is -2.15. The van der Waals surface area contributed by atoms with Crippen molar-refractivity contribution in [2.45, 2.75) is 12.2 Å². The summed E-state index contributed by atoms with van der Waals surface area (Å²) in [5, 5.41) is 19.9. The fraction of sp³-hybridized carbons (Fsp3) is 0.250. The average molecular weight is 288 g/mol. The third-order valence-corrected chi connectivity index (χ3v) is 3.19. The zero-order chi connectivity index (χ0) is 15.2. The maximum atomic E-state index is 9.97. The van der Waals surface area contributed by atoms with Gasteiger partial charge in [0.05, 0.1) is 13.2 Å². The lowest BCUT2D eigenvalue weighted by atomic mass is 10.1. The number of benzene rings is 2. The maximum absolute atomic E-state index is 9.97. The van der Waals surface area contributed by atoms with Gasteiger partial charge >= 0.3 is 0 Å². The first-order valence-electron chi connectivity index (χ1n) is 6.71. The molecule has 2 rings (SSSR count). The van der Waals surface area contributed by atoms with Gasteiger partial charge in [0.2, 0.25) is 0 Å². The minimum absolute atomic E-state index is 0.107. The summed E-state index contributed by atoms with van der Waals surface area (Å²) in [6, 6.07) is 13.9. The van der Waals surface area contributed by atoms with Gasteiger partial charge in [-0.15, -0.1) is 0 Å². The lowest BCUT2D eigenvalue weighted by Crippen LogP contribution is -2.13. The van der Waals surface area contributed by atoms with E-state index >= 15 is 0 Å². The third-order valence-electron chi connectivity index (χ3n) is 3.19. The molecule has 21 heavy (non-hydrogen) atoms. The standard InChI is InChI=1S/C16H20N2O3/c17-13-5-1-11(2-6-13)15(19)9-21-10-16(20)12-3-7-14(18)8-4-12/h1-8,15-16,19-20H,9-10,17-18H2. The van der Waals surface area contributed by atoms with E-state index in [0.29, 0.717) is 11.4 Å². The Morgan fingerprint density at radius 1 is 0.714 bits per heavy atom. The van der Waals surface area contributed by atoms with E-state index in [1.165, 1.54) is 0 Å². The van der Waals surface area contributed by atoms with E-state index in [1.807, 2.05) is 0 Å². The summed E-state index contributed by atoms with van der Waals surface area (Å²) < 4.78 is 5.36. The number of hydrogen-bond acceptors (Lipinski definition) is 5. The Kier molecular flexibility index (Phi) is 5.16. The monoisotopic (exact) mass is 288 g/mol. The maximum Gasteiger partial charge on any atom is 0.102 e. The Balaban J connectivity index is 1.80. The quantitative estimate of drug-likeness (QED) is 0.605. The summed E-state index contributed by atoms with van der Waals surface area (Å²) in [4.78, 5) is 0. The molecule has 0 aliphatic heterocycles. The van der Waals surface area contributed by atoms with Gasteiger partial charge in [-0.1, -0.05) is 24.3 Å². The second-order valence-corrected chi connectivity index (χ2v) is 4.90. The third kappa shape index (κ3) is 4.46. The van der Waals surface area contributed by atoms with Gasteiger partial charge < -0.3 is 26.4 Å². The molecule has 0 spiro atoms. The summed E-state index contributed by atoms with van der Waals surface area (Å²) >= 11 is 0. The van der Waals surface area contributed by atoms with Crippen molar-refractivity contribution in [1.82, 2.24) is 0 Å². The topological polar surface area (TPSA) is 102 Å². The van der Waals surface area contributed by atoms with Crippen LogP contribution in [-0.4, -0.2) is 23.4 Å². The van der Waals surface area contributed by atoms with Crippen LogP contribution < -0.4 is 11.5 Å². The van der Waals surface area contributed by atoms with Crippen LogP contribution in [0.3, 0.4) is 0 Å². The van der Waals surface area contributed by atoms with Crippen LogP contribution in [0.2, 0.25) is 0 Å². The molecule has 0 aliphatic carbocycles. The number of anilines is 2. The molecule has 6 N–H and O–H groups in total. The molecular weight excluding hydrogens is 268 g/mol. The van der Waals surface area contributed by atoms with E-state index in [0.717, 1.165) is 11.1 Å². The first-order valence-corrected chi connectivity index (χ1v) is 6.71. The Hall–Kier alpha value is -2.08. The van der Waals surface area contributed by atoms with Crippen LogP contribution in [0, 0.1) is 0 Å². The van der Waals surface area contributed by atoms with Crippen molar-refractivity contribution in [3.8, 4) is 0 Å². The molecule has 0 heterocycles. The van der Waals surface area contributed by atoms with Gasteiger partial charge in [0, 0.05) is 11.4 Å². The fourth-order valence-corrected chi connectivity index (χ4v) is 1.92. The summed E-state index contributed by atoms with van der Waals surface area (Å²) in [7, 11) is 0. The van der Waals surface area contributed by atoms with Crippen molar-refractivity contribution in [2.75, 3.05) is 24.7 Å². The molecule has 0 aliphatic rings. The van der Waals surface area contributed by atoms with Crippen LogP contribution in [0.4, 0.5) is 11.4 Å². The number of aliphatic hydroxyl groups excluding tert-OH is 2. The Bertz CT molecular complexity index is 503. The van der Waals surface area contributed by atoms with Crippen molar-refractivity contribution in [2.24, 2.45) is 0 Å². The molecule has 0 fully saturated rings. The van der Waals surface area contributed by atoms with E-state index < -0.39 is 12.2 Å². The van der Waals surface area contributed by atoms with Crippen LogP contribution >= 0.6 is 0 Å². The highest BCUT2D eigenvalue weighted by atomic mass is 16.5. The van der Waals surface area contributed by atoms with E-state index in [-0.39, 0.29) is 13.2 Å². The number of rotatable bonds is 6. The summed E-state index contributed by atoms with van der Waals surface area (Å²) in [6.07, 6.45) is -1.49. The van der Waals surface area contributed by atoms with E-state index in [2.05, 4.69) is 0 Å². The van der Waals surface area contributed by atoms with Gasteiger partial charge in [-0.2, -0.15) is 0 Å². The second-order valence-electron chi connectivity index (χ2n) is 4.90. The smallest absolute Gasteiger partial charge is 0.102 e. The molecule has 0 aromatic heterocycles. The lowest BCUT2D eigenvalue weighted by molar-refractivity contribution is -0.00893. The molecular formula is C16H20N2O3. The number of nitrogen functional groups attached to an aromatic ring is 2. The number of ether oxygens (including phenoxy) is 1. The van der Waals surface area contributed by atoms with Crippen molar-refractivity contribution in [1.29, 1.82) is 0 Å². The normalized spacial score (nSPS) is 13.8. The van der Waals surface area contributed by atoms with Gasteiger partial charge in [-0.05, 0) is 35.4 Å². The van der Waals surface area contributed by atoms with Crippen molar-refractivity contribution < 1.29 is 14.9 Å². The van der Waals surface area contributed by atoms with Gasteiger partial charge in [0.25, 0.3) is 0 Å². The summed E-state index contributed by atoms with van der Waals surface area (Å²) in [5.74, 6) is 0. The van der Waals surface area contributed by atoms with Crippen LogP contribution in [0.1, 0.15) is 23.3 Å². The molecule has 0 radical (unpaired) electrons. The minimum Gasteiger partial charge on any atom is -0.399 e. The second kappa shape index (κ2) is 7.08. The van der Waals surface area contributed by atoms with Crippen molar-refractivity contribution in [3.63, 3.8) is 0 Å². The van der Waals surface area contributed by atoms with E-state index in [4.69, 9.17) is 16.2 Å². The SMILES string of the molecule is Nc1ccc(C(O)COCC(O)c2ccc(N)cc2)cc1. The number of nitrogens with two attached hydrogens (primary N) is 2. The van der Waals surface area contributed by atoms with Gasteiger partial charge in [-0.25, -0.2) is 0 Å². The summed E-state index contributed by atoms with van der Waals surface area (Å²) in [6.45, 7) is 0.214. The largest absolute Gasteiger partial charge is 0.399 e. The molecule has 5 heteroatoms. The van der Waals surface area contributed by atoms with E-state index in [9.17, 15) is 10.2 Å². The van der Waals surface area contributed by atoms with Crippen LogP contribution in [0.25, 0.3) is 0 Å². The van der Waals surface area contributed by atoms with Crippen molar-refractivity contribution >= 4 is 11.4 Å². The highest BCUT2D eigenvalue weighted by molar-refractivity contribution is 5.40. The summed E-state index contributed by atoms with van der Waals surface area (Å²) in [5.41, 5.74) is 13.9. The molecule has 2 aromatic carbocycles. The highest BCUT2D eigenvalue weighted by Crippen LogP contribution is 2.18. The number of hydrogen-bond donors (Lipinski definition) is 4. The molecule has 2 atom stereocenters. The zero-order valence-electron chi connectivity index (χ0n) is 11.6. The van der Waals surface area contributed by atoms with Crippen LogP contribution in [0.15, 0.2) is 48.5 Å². The van der Waals surface area contributed by atoms with Gasteiger partial charge in [0.15, 0.2) is 0 Å². The predicted octanol–water partition coefficient (Wildman–Crippen LogP) is 1.63. The Morgan fingerprint density at radius 2 is 1.05 bits per heavy atom. The number of aliphatic hydroxyl groups is 2. The van der Waals surface area contributed by atoms with Crippen LogP contribution in [-0.2, 0) is 4.74 Å². The Labute approximate surface area is 123 Å². The zero-order valence-corrected chi connectivity index (χ0v) is 11.6. The molecule has 0 bridgehead atoms. The molecule has 112 valence electrons. The molecule has 5 nitrogen and oxygen atoms in total. The fourth-order valence-electron chi connectivity index (χ4n) is 1.92. The predicted molar refractivity (Wildman–Crippen MR) is 82.4 cm³/mol. The molecule has 2 aromatic rings. The van der Waals surface area contributed by atoms with Gasteiger partial charge in [-0.3, -0.25) is 0 Å². The average Bonchev–Trinajstić information content (AvgIpc) is 2.48.